The van der Waals surface area contributed by atoms with Gasteiger partial charge in [-0.2, -0.15) is 0 Å². The molecule has 2 N–H and O–H groups in total. The van der Waals surface area contributed by atoms with Crippen LogP contribution in [0.4, 0.5) is 0 Å². The van der Waals surface area contributed by atoms with Gasteiger partial charge in [0.1, 0.15) is 11.5 Å². The molecular formula is C15H22N2O3. The summed E-state index contributed by atoms with van der Waals surface area (Å²) in [7, 11) is 3.13. The van der Waals surface area contributed by atoms with Gasteiger partial charge in [0.2, 0.25) is 0 Å². The van der Waals surface area contributed by atoms with Crippen LogP contribution in [0.5, 0.6) is 11.5 Å². The van der Waals surface area contributed by atoms with Crippen molar-refractivity contribution < 1.29 is 14.3 Å². The van der Waals surface area contributed by atoms with Crippen molar-refractivity contribution in [2.45, 2.75) is 25.3 Å². The van der Waals surface area contributed by atoms with Crippen molar-refractivity contribution in [3.05, 3.63) is 23.8 Å². The number of likely N-dealkylation sites (tertiary alicyclic amines) is 1. The van der Waals surface area contributed by atoms with Gasteiger partial charge in [0.25, 0.3) is 5.91 Å². The van der Waals surface area contributed by atoms with E-state index in [0.717, 1.165) is 12.8 Å². The summed E-state index contributed by atoms with van der Waals surface area (Å²) in [6.07, 6.45) is 1.97. The number of benzene rings is 1. The third-order valence-corrected chi connectivity index (χ3v) is 3.69. The van der Waals surface area contributed by atoms with Crippen molar-refractivity contribution >= 4 is 5.91 Å². The van der Waals surface area contributed by atoms with E-state index >= 15 is 0 Å². The lowest BCUT2D eigenvalue weighted by molar-refractivity contribution is 0.0383. The van der Waals surface area contributed by atoms with Crippen molar-refractivity contribution in [2.75, 3.05) is 27.3 Å². The Bertz CT molecular complexity index is 496. The van der Waals surface area contributed by atoms with Gasteiger partial charge in [0.15, 0.2) is 0 Å². The summed E-state index contributed by atoms with van der Waals surface area (Å²) in [4.78, 5) is 14.2. The van der Waals surface area contributed by atoms with Crippen LogP contribution < -0.4 is 15.2 Å². The van der Waals surface area contributed by atoms with Crippen LogP contribution in [-0.4, -0.2) is 43.7 Å². The maximum Gasteiger partial charge on any atom is 0.257 e. The van der Waals surface area contributed by atoms with Crippen LogP contribution in [-0.2, 0) is 0 Å². The number of rotatable bonds is 5. The van der Waals surface area contributed by atoms with Gasteiger partial charge in [-0.15, -0.1) is 0 Å². The molecule has 1 aliphatic rings. The number of hydrogen-bond donors (Lipinski definition) is 1. The molecule has 0 aromatic heterocycles. The molecule has 0 spiro atoms. The van der Waals surface area contributed by atoms with Gasteiger partial charge < -0.3 is 20.1 Å². The first-order chi connectivity index (χ1) is 9.53. The van der Waals surface area contributed by atoms with E-state index in [1.165, 1.54) is 0 Å². The first kappa shape index (κ1) is 14.7. The monoisotopic (exact) mass is 278 g/mol. The highest BCUT2D eigenvalue weighted by Crippen LogP contribution is 2.30. The molecule has 1 fully saturated rings. The Morgan fingerprint density at radius 2 is 2.05 bits per heavy atom. The van der Waals surface area contributed by atoms with Crippen LogP contribution >= 0.6 is 0 Å². The molecule has 0 saturated carbocycles. The number of ether oxygens (including phenoxy) is 2. The smallest absolute Gasteiger partial charge is 0.257 e. The third-order valence-electron chi connectivity index (χ3n) is 3.69. The zero-order valence-corrected chi connectivity index (χ0v) is 12.3. The van der Waals surface area contributed by atoms with Gasteiger partial charge in [-0.3, -0.25) is 4.79 Å². The quantitative estimate of drug-likeness (QED) is 0.889. The van der Waals surface area contributed by atoms with E-state index in [0.29, 0.717) is 30.2 Å². The Balaban J connectivity index is 2.11. The molecule has 5 nitrogen and oxygen atoms in total. The van der Waals surface area contributed by atoms with E-state index in [9.17, 15) is 4.79 Å². The zero-order valence-electron chi connectivity index (χ0n) is 12.3. The highest BCUT2D eigenvalue weighted by Gasteiger charge is 2.41. The maximum absolute atomic E-state index is 12.4. The second-order valence-corrected chi connectivity index (χ2v) is 5.34. The molecule has 5 heteroatoms. The first-order valence-corrected chi connectivity index (χ1v) is 6.83. The lowest BCUT2D eigenvalue weighted by Crippen LogP contribution is -2.68. The SMILES string of the molecule is CCCC1(N)CN(C(=O)c2ccc(OC)cc2OC)C1. The summed E-state index contributed by atoms with van der Waals surface area (Å²) in [6.45, 7) is 3.31. The first-order valence-electron chi connectivity index (χ1n) is 6.83. The molecule has 0 bridgehead atoms. The van der Waals surface area contributed by atoms with E-state index in [-0.39, 0.29) is 11.4 Å². The number of nitrogens with zero attached hydrogens (tertiary/aromatic N) is 1. The van der Waals surface area contributed by atoms with Gasteiger partial charge >= 0.3 is 0 Å². The van der Waals surface area contributed by atoms with Crippen LogP contribution in [0, 0.1) is 0 Å². The van der Waals surface area contributed by atoms with Crippen molar-refractivity contribution in [1.82, 2.24) is 4.90 Å². The second kappa shape index (κ2) is 5.71. The Labute approximate surface area is 119 Å². The van der Waals surface area contributed by atoms with Gasteiger partial charge in [0, 0.05) is 19.2 Å². The number of carbonyl (C=O) groups is 1. The van der Waals surface area contributed by atoms with Crippen molar-refractivity contribution in [1.29, 1.82) is 0 Å². The van der Waals surface area contributed by atoms with Gasteiger partial charge in [-0.25, -0.2) is 0 Å². The fourth-order valence-electron chi connectivity index (χ4n) is 2.66. The molecule has 1 heterocycles. The predicted octanol–water partition coefficient (Wildman–Crippen LogP) is 1.66. The topological polar surface area (TPSA) is 64.8 Å². The fraction of sp³-hybridized carbons (Fsp3) is 0.533. The fourth-order valence-corrected chi connectivity index (χ4v) is 2.66. The van der Waals surface area contributed by atoms with E-state index < -0.39 is 0 Å². The second-order valence-electron chi connectivity index (χ2n) is 5.34. The summed E-state index contributed by atoms with van der Waals surface area (Å²) in [5.41, 5.74) is 6.52. The predicted molar refractivity (Wildman–Crippen MR) is 77.3 cm³/mol. The minimum absolute atomic E-state index is 0.0401. The normalized spacial score (nSPS) is 16.5. The summed E-state index contributed by atoms with van der Waals surface area (Å²) >= 11 is 0. The van der Waals surface area contributed by atoms with E-state index in [1.807, 2.05) is 0 Å². The lowest BCUT2D eigenvalue weighted by atomic mass is 9.86. The average Bonchev–Trinajstić information content (AvgIpc) is 2.43. The molecule has 1 aromatic carbocycles. The Kier molecular flexibility index (Phi) is 4.18. The van der Waals surface area contributed by atoms with E-state index in [1.54, 1.807) is 37.3 Å². The maximum atomic E-state index is 12.4. The molecule has 0 aliphatic carbocycles. The molecule has 1 saturated heterocycles. The van der Waals surface area contributed by atoms with Crippen LogP contribution in [0.25, 0.3) is 0 Å². The lowest BCUT2D eigenvalue weighted by Gasteiger charge is -2.47. The number of methoxy groups -OCH3 is 2. The molecule has 1 aromatic rings. The Hall–Kier alpha value is -1.75. The highest BCUT2D eigenvalue weighted by atomic mass is 16.5. The van der Waals surface area contributed by atoms with Gasteiger partial charge in [-0.05, 0) is 18.6 Å². The Morgan fingerprint density at radius 3 is 2.60 bits per heavy atom. The largest absolute Gasteiger partial charge is 0.497 e. The zero-order chi connectivity index (χ0) is 14.8. The molecule has 1 aliphatic heterocycles. The van der Waals surface area contributed by atoms with Crippen LogP contribution in [0.3, 0.4) is 0 Å². The number of hydrogen-bond acceptors (Lipinski definition) is 4. The van der Waals surface area contributed by atoms with Gasteiger partial charge in [-0.1, -0.05) is 13.3 Å². The van der Waals surface area contributed by atoms with Crippen molar-refractivity contribution in [3.8, 4) is 11.5 Å². The third kappa shape index (κ3) is 2.72. The van der Waals surface area contributed by atoms with Crippen LogP contribution in [0.15, 0.2) is 18.2 Å². The van der Waals surface area contributed by atoms with Crippen molar-refractivity contribution in [3.63, 3.8) is 0 Å². The van der Waals surface area contributed by atoms with E-state index in [2.05, 4.69) is 6.92 Å². The molecule has 0 radical (unpaired) electrons. The minimum atomic E-state index is -0.218. The van der Waals surface area contributed by atoms with Crippen LogP contribution in [0.2, 0.25) is 0 Å². The average molecular weight is 278 g/mol. The van der Waals surface area contributed by atoms with Crippen LogP contribution in [0.1, 0.15) is 30.1 Å². The summed E-state index contributed by atoms with van der Waals surface area (Å²) < 4.78 is 10.4. The summed E-state index contributed by atoms with van der Waals surface area (Å²) in [5, 5.41) is 0. The minimum Gasteiger partial charge on any atom is -0.497 e. The van der Waals surface area contributed by atoms with Crippen molar-refractivity contribution in [2.24, 2.45) is 5.73 Å². The number of nitrogens with two attached hydrogens (primary N) is 1. The Morgan fingerprint density at radius 1 is 1.35 bits per heavy atom. The highest BCUT2D eigenvalue weighted by molar-refractivity contribution is 5.97. The molecule has 20 heavy (non-hydrogen) atoms. The van der Waals surface area contributed by atoms with Gasteiger partial charge in [0.05, 0.1) is 25.3 Å². The standard InChI is InChI=1S/C15H22N2O3/c1-4-7-15(16)9-17(10-15)14(18)12-6-5-11(19-2)8-13(12)20-3/h5-6,8H,4,7,9-10,16H2,1-3H3. The molecule has 110 valence electrons. The number of carbonyl (C=O) groups excluding carboxylic acids is 1. The molecule has 2 rings (SSSR count). The molecule has 1 amide bonds. The molecule has 0 atom stereocenters. The van der Waals surface area contributed by atoms with E-state index in [4.69, 9.17) is 15.2 Å². The molecular weight excluding hydrogens is 256 g/mol. The summed E-state index contributed by atoms with van der Waals surface area (Å²) in [6, 6.07) is 5.21. The number of amides is 1. The summed E-state index contributed by atoms with van der Waals surface area (Å²) in [5.74, 6) is 1.15. The molecule has 0 unspecified atom stereocenters.